The van der Waals surface area contributed by atoms with E-state index in [2.05, 4.69) is 10.5 Å². The third-order valence-electron chi connectivity index (χ3n) is 2.78. The lowest BCUT2D eigenvalue weighted by atomic mass is 10.2. The summed E-state index contributed by atoms with van der Waals surface area (Å²) in [5, 5.41) is 15.2. The number of carbonyl (C=O) groups excluding carboxylic acids is 1. The molecule has 0 fully saturated rings. The first-order valence-electron chi connectivity index (χ1n) is 5.96. The smallest absolute Gasteiger partial charge is 0.264 e. The molecule has 6 nitrogen and oxygen atoms in total. The second-order valence-electron chi connectivity index (χ2n) is 4.17. The van der Waals surface area contributed by atoms with Crippen molar-refractivity contribution < 1.29 is 14.1 Å². The van der Waals surface area contributed by atoms with Gasteiger partial charge in [0, 0.05) is 5.56 Å². The number of carbonyl (C=O) groups is 1. The summed E-state index contributed by atoms with van der Waals surface area (Å²) in [4.78, 5) is 11.7. The minimum atomic E-state index is -0.378. The normalized spacial score (nSPS) is 9.85. The van der Waals surface area contributed by atoms with E-state index in [1.165, 1.54) is 0 Å². The van der Waals surface area contributed by atoms with Crippen LogP contribution >= 0.6 is 0 Å². The van der Waals surface area contributed by atoms with E-state index in [-0.39, 0.29) is 12.5 Å². The zero-order chi connectivity index (χ0) is 14.5. The highest BCUT2D eigenvalue weighted by Crippen LogP contribution is 2.18. The second kappa shape index (κ2) is 5.89. The van der Waals surface area contributed by atoms with Crippen LogP contribution in [0.1, 0.15) is 16.8 Å². The predicted molar refractivity (Wildman–Crippen MR) is 71.3 cm³/mol. The number of rotatable bonds is 4. The Morgan fingerprint density at radius 2 is 2.20 bits per heavy atom. The van der Waals surface area contributed by atoms with Crippen LogP contribution in [0.5, 0.6) is 5.75 Å². The van der Waals surface area contributed by atoms with E-state index in [0.29, 0.717) is 17.2 Å². The number of aryl methyl sites for hydroxylation is 1. The summed E-state index contributed by atoms with van der Waals surface area (Å²) in [5.41, 5.74) is 1.87. The lowest BCUT2D eigenvalue weighted by molar-refractivity contribution is -0.118. The number of nitrogens with zero attached hydrogens (tertiary/aromatic N) is 2. The highest BCUT2D eigenvalue weighted by Gasteiger charge is 2.12. The van der Waals surface area contributed by atoms with Crippen LogP contribution in [0.4, 0.5) is 5.88 Å². The first kappa shape index (κ1) is 13.6. The number of ether oxygens (including phenoxy) is 1. The highest BCUT2D eigenvalue weighted by atomic mass is 16.5. The fourth-order valence-corrected chi connectivity index (χ4v) is 1.52. The third-order valence-corrected chi connectivity index (χ3v) is 2.78. The number of benzene rings is 1. The Bertz CT molecular complexity index is 671. The molecule has 0 saturated heterocycles. The van der Waals surface area contributed by atoms with Crippen LogP contribution in [-0.4, -0.2) is 17.7 Å². The zero-order valence-corrected chi connectivity index (χ0v) is 11.1. The standard InChI is InChI=1S/C14H13N3O3/c1-9-10(2)17-20-14(9)16-13(18)8-19-12-6-4-3-5-11(12)7-15/h3-6H,8H2,1-2H3,(H,16,18). The maximum absolute atomic E-state index is 11.7. The van der Waals surface area contributed by atoms with Gasteiger partial charge in [-0.15, -0.1) is 0 Å². The predicted octanol–water partition coefficient (Wildman–Crippen LogP) is 2.18. The lowest BCUT2D eigenvalue weighted by Gasteiger charge is -2.07. The van der Waals surface area contributed by atoms with Gasteiger partial charge >= 0.3 is 0 Å². The van der Waals surface area contributed by atoms with Gasteiger partial charge in [-0.3, -0.25) is 10.1 Å². The molecule has 20 heavy (non-hydrogen) atoms. The number of nitriles is 1. The summed E-state index contributed by atoms with van der Waals surface area (Å²) < 4.78 is 10.3. The van der Waals surface area contributed by atoms with Crippen molar-refractivity contribution in [2.75, 3.05) is 11.9 Å². The Morgan fingerprint density at radius 3 is 2.85 bits per heavy atom. The maximum atomic E-state index is 11.7. The molecule has 6 heteroatoms. The molecule has 0 unspecified atom stereocenters. The van der Waals surface area contributed by atoms with Gasteiger partial charge in [0.2, 0.25) is 5.88 Å². The summed E-state index contributed by atoms with van der Waals surface area (Å²) in [6.45, 7) is 3.37. The Hall–Kier alpha value is -2.81. The molecule has 0 spiro atoms. The van der Waals surface area contributed by atoms with Crippen molar-refractivity contribution in [1.29, 1.82) is 5.26 Å². The number of aromatic nitrogens is 1. The summed E-state index contributed by atoms with van der Waals surface area (Å²) in [7, 11) is 0. The Kier molecular flexibility index (Phi) is 4.01. The van der Waals surface area contributed by atoms with Crippen molar-refractivity contribution in [2.24, 2.45) is 0 Å². The Morgan fingerprint density at radius 1 is 1.45 bits per heavy atom. The quantitative estimate of drug-likeness (QED) is 0.920. The van der Waals surface area contributed by atoms with Crippen molar-refractivity contribution in [3.05, 3.63) is 41.1 Å². The van der Waals surface area contributed by atoms with Gasteiger partial charge in [-0.25, -0.2) is 0 Å². The molecule has 2 rings (SSSR count). The van der Waals surface area contributed by atoms with E-state index in [1.807, 2.05) is 6.07 Å². The fourth-order valence-electron chi connectivity index (χ4n) is 1.52. The molecule has 0 saturated carbocycles. The van der Waals surface area contributed by atoms with E-state index < -0.39 is 0 Å². The number of hydrogen-bond donors (Lipinski definition) is 1. The number of hydrogen-bond acceptors (Lipinski definition) is 5. The third kappa shape index (κ3) is 2.95. The van der Waals surface area contributed by atoms with Gasteiger partial charge in [0.25, 0.3) is 5.91 Å². The van der Waals surface area contributed by atoms with E-state index >= 15 is 0 Å². The molecule has 1 amide bonds. The van der Waals surface area contributed by atoms with Crippen molar-refractivity contribution >= 4 is 11.8 Å². The number of para-hydroxylation sites is 1. The zero-order valence-electron chi connectivity index (χ0n) is 11.1. The van der Waals surface area contributed by atoms with E-state index in [9.17, 15) is 4.79 Å². The van der Waals surface area contributed by atoms with Crippen LogP contribution in [0.25, 0.3) is 0 Å². The lowest BCUT2D eigenvalue weighted by Crippen LogP contribution is -2.20. The van der Waals surface area contributed by atoms with E-state index in [4.69, 9.17) is 14.5 Å². The van der Waals surface area contributed by atoms with Crippen LogP contribution in [0.2, 0.25) is 0 Å². The highest BCUT2D eigenvalue weighted by molar-refractivity contribution is 5.91. The van der Waals surface area contributed by atoms with E-state index in [1.54, 1.807) is 38.1 Å². The van der Waals surface area contributed by atoms with Crippen molar-refractivity contribution in [3.63, 3.8) is 0 Å². The van der Waals surface area contributed by atoms with Crippen molar-refractivity contribution in [2.45, 2.75) is 13.8 Å². The molecule has 0 aliphatic heterocycles. The molecule has 0 aliphatic carbocycles. The molecular formula is C14H13N3O3. The van der Waals surface area contributed by atoms with Crippen LogP contribution in [0, 0.1) is 25.2 Å². The molecule has 0 radical (unpaired) electrons. The molecule has 102 valence electrons. The molecule has 0 aliphatic rings. The maximum Gasteiger partial charge on any atom is 0.264 e. The van der Waals surface area contributed by atoms with Gasteiger partial charge in [0.05, 0.1) is 11.3 Å². The molecule has 1 aromatic heterocycles. The van der Waals surface area contributed by atoms with Gasteiger partial charge in [0.1, 0.15) is 11.8 Å². The van der Waals surface area contributed by atoms with Crippen LogP contribution < -0.4 is 10.1 Å². The van der Waals surface area contributed by atoms with Crippen LogP contribution in [0.3, 0.4) is 0 Å². The first-order valence-corrected chi connectivity index (χ1v) is 5.96. The molecule has 0 atom stereocenters. The fraction of sp³-hybridized carbons (Fsp3) is 0.214. The van der Waals surface area contributed by atoms with Crippen molar-refractivity contribution in [3.8, 4) is 11.8 Å². The topological polar surface area (TPSA) is 88.2 Å². The van der Waals surface area contributed by atoms with Gasteiger partial charge in [0.15, 0.2) is 6.61 Å². The molecule has 1 heterocycles. The average molecular weight is 271 g/mol. The van der Waals surface area contributed by atoms with Crippen LogP contribution in [-0.2, 0) is 4.79 Å². The van der Waals surface area contributed by atoms with E-state index in [0.717, 1.165) is 11.3 Å². The molecule has 1 aromatic carbocycles. The van der Waals surface area contributed by atoms with Gasteiger partial charge in [-0.2, -0.15) is 5.26 Å². The Labute approximate surface area is 115 Å². The monoisotopic (exact) mass is 271 g/mol. The molecule has 1 N–H and O–H groups in total. The second-order valence-corrected chi connectivity index (χ2v) is 4.17. The summed E-state index contributed by atoms with van der Waals surface area (Å²) >= 11 is 0. The largest absolute Gasteiger partial charge is 0.482 e. The molecule has 2 aromatic rings. The van der Waals surface area contributed by atoms with Gasteiger partial charge < -0.3 is 9.26 Å². The first-order chi connectivity index (χ1) is 9.61. The number of anilines is 1. The molecular weight excluding hydrogens is 258 g/mol. The molecule has 0 bridgehead atoms. The number of amides is 1. The number of nitrogens with one attached hydrogen (secondary N) is 1. The van der Waals surface area contributed by atoms with Gasteiger partial charge in [-0.1, -0.05) is 17.3 Å². The summed E-state index contributed by atoms with van der Waals surface area (Å²) in [6.07, 6.45) is 0. The minimum absolute atomic E-state index is 0.210. The van der Waals surface area contributed by atoms with Crippen LogP contribution in [0.15, 0.2) is 28.8 Å². The Balaban J connectivity index is 1.96. The minimum Gasteiger partial charge on any atom is -0.482 e. The summed E-state index contributed by atoms with van der Waals surface area (Å²) in [6, 6.07) is 8.72. The SMILES string of the molecule is Cc1noc(NC(=O)COc2ccccc2C#N)c1C. The van der Waals surface area contributed by atoms with Gasteiger partial charge in [-0.05, 0) is 26.0 Å². The average Bonchev–Trinajstić information content (AvgIpc) is 2.77. The van der Waals surface area contributed by atoms with Crippen molar-refractivity contribution in [1.82, 2.24) is 5.16 Å². The summed E-state index contributed by atoms with van der Waals surface area (Å²) in [5.74, 6) is 0.303.